The van der Waals surface area contributed by atoms with E-state index < -0.39 is 0 Å². The number of ether oxygens (including phenoxy) is 1. The van der Waals surface area contributed by atoms with E-state index >= 15 is 0 Å². The normalized spacial score (nSPS) is 38.6. The number of piperidine rings is 1. The molecule has 0 N–H and O–H groups in total. The number of aldehydes is 1. The van der Waals surface area contributed by atoms with Gasteiger partial charge in [0.25, 0.3) is 0 Å². The van der Waals surface area contributed by atoms with Gasteiger partial charge >= 0.3 is 0 Å². The molecule has 104 valence electrons. The average Bonchev–Trinajstić information content (AvgIpc) is 2.42. The Labute approximate surface area is 111 Å². The lowest BCUT2D eigenvalue weighted by atomic mass is 9.71. The van der Waals surface area contributed by atoms with Crippen LogP contribution in [0.5, 0.6) is 0 Å². The van der Waals surface area contributed by atoms with Crippen LogP contribution in [0, 0.1) is 11.3 Å². The molecule has 0 spiro atoms. The second kappa shape index (κ2) is 6.16. The highest BCUT2D eigenvalue weighted by atomic mass is 16.5. The molecule has 3 nitrogen and oxygen atoms in total. The predicted octanol–water partition coefficient (Wildman–Crippen LogP) is 2.49. The number of likely N-dealkylation sites (tertiary alicyclic amines) is 1. The molecule has 1 unspecified atom stereocenters. The molecule has 2 aliphatic rings. The number of hydrogen-bond donors (Lipinski definition) is 0. The molecule has 1 saturated carbocycles. The monoisotopic (exact) mass is 253 g/mol. The van der Waals surface area contributed by atoms with Gasteiger partial charge in [-0.25, -0.2) is 0 Å². The maximum absolute atomic E-state index is 11.6. The van der Waals surface area contributed by atoms with Gasteiger partial charge in [0, 0.05) is 25.6 Å². The zero-order chi connectivity index (χ0) is 13.0. The zero-order valence-electron chi connectivity index (χ0n) is 11.9. The van der Waals surface area contributed by atoms with Crippen LogP contribution in [0.4, 0.5) is 0 Å². The Hall–Kier alpha value is -0.410. The fourth-order valence-electron chi connectivity index (χ4n) is 3.44. The second-order valence-corrected chi connectivity index (χ2v) is 6.40. The summed E-state index contributed by atoms with van der Waals surface area (Å²) >= 11 is 0. The smallest absolute Gasteiger partial charge is 0.127 e. The molecule has 3 heteroatoms. The van der Waals surface area contributed by atoms with Gasteiger partial charge in [0.05, 0.1) is 6.10 Å². The van der Waals surface area contributed by atoms with Gasteiger partial charge in [-0.15, -0.1) is 0 Å². The van der Waals surface area contributed by atoms with Crippen molar-refractivity contribution < 1.29 is 9.53 Å². The molecule has 1 heterocycles. The maximum atomic E-state index is 11.6. The molecule has 1 atom stereocenters. The first-order chi connectivity index (χ1) is 8.67. The summed E-state index contributed by atoms with van der Waals surface area (Å²) < 4.78 is 5.46. The lowest BCUT2D eigenvalue weighted by molar-refractivity contribution is -0.120. The first-order valence-electron chi connectivity index (χ1n) is 7.39. The SMILES string of the molecule is COC1CCCN(CC2(C=O)CCC(C)CC2)C1. The van der Waals surface area contributed by atoms with Crippen molar-refractivity contribution in [3.8, 4) is 0 Å². The molecule has 0 bridgehead atoms. The fourth-order valence-corrected chi connectivity index (χ4v) is 3.44. The van der Waals surface area contributed by atoms with E-state index in [4.69, 9.17) is 4.74 Å². The molecule has 1 saturated heterocycles. The molecule has 18 heavy (non-hydrogen) atoms. The first kappa shape index (κ1) is 14.0. The van der Waals surface area contributed by atoms with Crippen LogP contribution in [0.2, 0.25) is 0 Å². The Morgan fingerprint density at radius 2 is 2.06 bits per heavy atom. The molecular formula is C15H27NO2. The number of methoxy groups -OCH3 is 1. The van der Waals surface area contributed by atoms with Crippen LogP contribution in [0.3, 0.4) is 0 Å². The summed E-state index contributed by atoms with van der Waals surface area (Å²) in [6, 6.07) is 0. The summed E-state index contributed by atoms with van der Waals surface area (Å²) in [5.41, 5.74) is -0.0673. The minimum absolute atomic E-state index is 0.0673. The molecule has 0 aromatic rings. The van der Waals surface area contributed by atoms with E-state index in [1.807, 2.05) is 0 Å². The van der Waals surface area contributed by atoms with E-state index in [2.05, 4.69) is 11.8 Å². The van der Waals surface area contributed by atoms with Crippen LogP contribution >= 0.6 is 0 Å². The van der Waals surface area contributed by atoms with E-state index in [0.717, 1.165) is 44.8 Å². The maximum Gasteiger partial charge on any atom is 0.127 e. The van der Waals surface area contributed by atoms with Gasteiger partial charge in [-0.2, -0.15) is 0 Å². The van der Waals surface area contributed by atoms with Crippen LogP contribution in [-0.4, -0.2) is 44.0 Å². The van der Waals surface area contributed by atoms with E-state index in [1.54, 1.807) is 7.11 Å². The number of hydrogen-bond acceptors (Lipinski definition) is 3. The van der Waals surface area contributed by atoms with E-state index in [-0.39, 0.29) is 5.41 Å². The van der Waals surface area contributed by atoms with Crippen LogP contribution in [0.15, 0.2) is 0 Å². The van der Waals surface area contributed by atoms with Gasteiger partial charge in [-0.3, -0.25) is 4.90 Å². The molecule has 0 radical (unpaired) electrons. The van der Waals surface area contributed by atoms with E-state index in [1.165, 1.54) is 25.5 Å². The second-order valence-electron chi connectivity index (χ2n) is 6.40. The summed E-state index contributed by atoms with van der Waals surface area (Å²) in [5.74, 6) is 0.797. The van der Waals surface area contributed by atoms with E-state index in [9.17, 15) is 4.79 Å². The minimum atomic E-state index is -0.0673. The minimum Gasteiger partial charge on any atom is -0.380 e. The summed E-state index contributed by atoms with van der Waals surface area (Å²) in [4.78, 5) is 14.0. The van der Waals surface area contributed by atoms with Crippen molar-refractivity contribution in [1.82, 2.24) is 4.90 Å². The summed E-state index contributed by atoms with van der Waals surface area (Å²) in [7, 11) is 1.80. The highest BCUT2D eigenvalue weighted by molar-refractivity contribution is 5.60. The van der Waals surface area contributed by atoms with E-state index in [0.29, 0.717) is 6.10 Å². The van der Waals surface area contributed by atoms with Gasteiger partial charge in [0.1, 0.15) is 6.29 Å². The third-order valence-corrected chi connectivity index (χ3v) is 4.85. The lowest BCUT2D eigenvalue weighted by Gasteiger charge is -2.41. The molecule has 1 aliphatic carbocycles. The quantitative estimate of drug-likeness (QED) is 0.721. The number of carbonyl (C=O) groups excluding carboxylic acids is 1. The van der Waals surface area contributed by atoms with Gasteiger partial charge in [-0.1, -0.05) is 6.92 Å². The largest absolute Gasteiger partial charge is 0.380 e. The molecular weight excluding hydrogens is 226 g/mol. The molecule has 1 aliphatic heterocycles. The number of rotatable bonds is 4. The molecule has 0 aromatic heterocycles. The van der Waals surface area contributed by atoms with Crippen molar-refractivity contribution in [2.45, 2.75) is 51.6 Å². The van der Waals surface area contributed by atoms with Crippen molar-refractivity contribution in [2.24, 2.45) is 11.3 Å². The lowest BCUT2D eigenvalue weighted by Crippen LogP contribution is -2.47. The van der Waals surface area contributed by atoms with Crippen molar-refractivity contribution in [1.29, 1.82) is 0 Å². The number of carbonyl (C=O) groups is 1. The third kappa shape index (κ3) is 3.33. The Morgan fingerprint density at radius 1 is 1.33 bits per heavy atom. The van der Waals surface area contributed by atoms with Crippen molar-refractivity contribution >= 4 is 6.29 Å². The Bertz CT molecular complexity index is 272. The molecule has 0 aromatic carbocycles. The van der Waals surface area contributed by atoms with Gasteiger partial charge in [-0.05, 0) is 51.0 Å². The zero-order valence-corrected chi connectivity index (χ0v) is 11.9. The van der Waals surface area contributed by atoms with Crippen LogP contribution in [-0.2, 0) is 9.53 Å². The summed E-state index contributed by atoms with van der Waals surface area (Å²) in [6.45, 7) is 5.38. The number of nitrogens with zero attached hydrogens (tertiary/aromatic N) is 1. The van der Waals surface area contributed by atoms with Gasteiger partial charge < -0.3 is 9.53 Å². The van der Waals surface area contributed by atoms with Crippen LogP contribution in [0.1, 0.15) is 45.4 Å². The van der Waals surface area contributed by atoms with Gasteiger partial charge in [0.2, 0.25) is 0 Å². The van der Waals surface area contributed by atoms with Gasteiger partial charge in [0.15, 0.2) is 0 Å². The van der Waals surface area contributed by atoms with Crippen LogP contribution < -0.4 is 0 Å². The average molecular weight is 253 g/mol. The molecule has 2 fully saturated rings. The Balaban J connectivity index is 1.91. The predicted molar refractivity (Wildman–Crippen MR) is 72.6 cm³/mol. The third-order valence-electron chi connectivity index (χ3n) is 4.85. The first-order valence-corrected chi connectivity index (χ1v) is 7.39. The Kier molecular flexibility index (Phi) is 4.79. The highest BCUT2D eigenvalue weighted by Gasteiger charge is 2.36. The van der Waals surface area contributed by atoms with Crippen molar-refractivity contribution in [3.63, 3.8) is 0 Å². The summed E-state index contributed by atoms with van der Waals surface area (Å²) in [6.07, 6.45) is 8.54. The summed E-state index contributed by atoms with van der Waals surface area (Å²) in [5, 5.41) is 0. The van der Waals surface area contributed by atoms with Crippen molar-refractivity contribution in [3.05, 3.63) is 0 Å². The topological polar surface area (TPSA) is 29.5 Å². The highest BCUT2D eigenvalue weighted by Crippen LogP contribution is 2.38. The van der Waals surface area contributed by atoms with Crippen LogP contribution in [0.25, 0.3) is 0 Å². The fraction of sp³-hybridized carbons (Fsp3) is 0.933. The molecule has 0 amide bonds. The molecule has 2 rings (SSSR count). The Morgan fingerprint density at radius 3 is 2.67 bits per heavy atom. The standard InChI is InChI=1S/C15H27NO2/c1-13-5-7-15(12-17,8-6-13)11-16-9-3-4-14(10-16)18-2/h12-14H,3-11H2,1-2H3. The van der Waals surface area contributed by atoms with Crippen molar-refractivity contribution in [2.75, 3.05) is 26.7 Å².